The van der Waals surface area contributed by atoms with Crippen LogP contribution >= 0.6 is 0 Å². The number of esters is 1. The number of methoxy groups -OCH3 is 1. The van der Waals surface area contributed by atoms with Crippen LogP contribution in [-0.4, -0.2) is 48.3 Å². The Kier molecular flexibility index (Phi) is 4.49. The molecule has 0 N–H and O–H groups in total. The molecule has 0 aromatic carbocycles. The number of carbonyl (C=O) groups excluding carboxylic acids is 1. The van der Waals surface area contributed by atoms with Crippen molar-refractivity contribution in [1.29, 1.82) is 0 Å². The Morgan fingerprint density at radius 3 is 2.95 bits per heavy atom. The topological polar surface area (TPSA) is 64.5 Å². The molecule has 0 radical (unpaired) electrons. The third-order valence-electron chi connectivity index (χ3n) is 3.20. The monoisotopic (exact) mass is 283 g/mol. The molecule has 1 fully saturated rings. The first kappa shape index (κ1) is 14.6. The lowest BCUT2D eigenvalue weighted by Gasteiger charge is -2.36. The normalized spacial score (nSPS) is 22.7. The largest absolute Gasteiger partial charge is 0.467 e. The molecule has 0 saturated carbocycles. The van der Waals surface area contributed by atoms with Gasteiger partial charge in [0.1, 0.15) is 6.33 Å². The summed E-state index contributed by atoms with van der Waals surface area (Å²) in [6.45, 7) is 4.33. The molecule has 6 nitrogen and oxygen atoms in total. The Hall–Kier alpha value is -1.76. The molecule has 0 amide bonds. The minimum absolute atomic E-state index is 0.209. The number of morpholine rings is 1. The number of aromatic nitrogens is 2. The molecule has 1 aliphatic rings. The Balaban J connectivity index is 2.25. The van der Waals surface area contributed by atoms with Crippen molar-refractivity contribution < 1.29 is 18.7 Å². The molecular weight excluding hydrogens is 265 g/mol. The van der Waals surface area contributed by atoms with Crippen molar-refractivity contribution in [3.05, 3.63) is 17.8 Å². The summed E-state index contributed by atoms with van der Waals surface area (Å²) in [7, 11) is 1.30. The molecule has 7 heteroatoms. The Morgan fingerprint density at radius 2 is 2.30 bits per heavy atom. The predicted octanol–water partition coefficient (Wildman–Crippen LogP) is 0.945. The number of hydrogen-bond donors (Lipinski definition) is 0. The van der Waals surface area contributed by atoms with Crippen LogP contribution in [0.1, 0.15) is 19.5 Å². The summed E-state index contributed by atoms with van der Waals surface area (Å²) in [4.78, 5) is 21.2. The molecule has 2 atom stereocenters. The fraction of sp³-hybridized carbons (Fsp3) is 0.615. The summed E-state index contributed by atoms with van der Waals surface area (Å²) < 4.78 is 24.5. The Bertz CT molecular complexity index is 498. The lowest BCUT2D eigenvalue weighted by atomic mass is 10.2. The highest BCUT2D eigenvalue weighted by molar-refractivity contribution is 5.75. The van der Waals surface area contributed by atoms with Gasteiger partial charge in [-0.15, -0.1) is 0 Å². The number of rotatable bonds is 3. The van der Waals surface area contributed by atoms with Crippen LogP contribution in [0.2, 0.25) is 0 Å². The van der Waals surface area contributed by atoms with Gasteiger partial charge in [0.05, 0.1) is 25.5 Å². The first-order chi connectivity index (χ1) is 9.56. The minimum Gasteiger partial charge on any atom is -0.467 e. The van der Waals surface area contributed by atoms with Gasteiger partial charge in [-0.3, -0.25) is 0 Å². The molecule has 1 saturated heterocycles. The molecular formula is C13H18FN3O3. The molecule has 1 aromatic rings. The van der Waals surface area contributed by atoms with Crippen LogP contribution in [0.4, 0.5) is 10.2 Å². The highest BCUT2D eigenvalue weighted by atomic mass is 19.1. The minimum atomic E-state index is -0.733. The lowest BCUT2D eigenvalue weighted by molar-refractivity contribution is -0.158. The van der Waals surface area contributed by atoms with Gasteiger partial charge in [0.25, 0.3) is 0 Å². The Morgan fingerprint density at radius 1 is 1.55 bits per heavy atom. The van der Waals surface area contributed by atoms with Crippen LogP contribution < -0.4 is 4.90 Å². The first-order valence-corrected chi connectivity index (χ1v) is 6.54. The molecule has 110 valence electrons. The molecule has 2 rings (SSSR count). The van der Waals surface area contributed by atoms with E-state index in [1.807, 2.05) is 13.8 Å². The smallest absolute Gasteiger partial charge is 0.336 e. The van der Waals surface area contributed by atoms with Crippen LogP contribution in [0.25, 0.3) is 0 Å². The number of carbonyl (C=O) groups is 1. The zero-order chi connectivity index (χ0) is 14.7. The van der Waals surface area contributed by atoms with Gasteiger partial charge in [0, 0.05) is 6.54 Å². The molecule has 0 bridgehead atoms. The summed E-state index contributed by atoms with van der Waals surface area (Å²) in [5.74, 6) is -0.694. The number of ether oxygens (including phenoxy) is 2. The number of nitrogens with zero attached hydrogens (tertiary/aromatic N) is 3. The van der Waals surface area contributed by atoms with Gasteiger partial charge in [0.15, 0.2) is 17.7 Å². The second kappa shape index (κ2) is 6.13. The van der Waals surface area contributed by atoms with E-state index in [1.54, 1.807) is 4.90 Å². The number of anilines is 1. The summed E-state index contributed by atoms with van der Waals surface area (Å²) in [6, 6.07) is 0. The molecule has 0 spiro atoms. The molecule has 0 aliphatic carbocycles. The Labute approximate surface area is 116 Å². The van der Waals surface area contributed by atoms with Crippen molar-refractivity contribution in [3.63, 3.8) is 0 Å². The second-order valence-electron chi connectivity index (χ2n) is 4.67. The molecule has 1 aliphatic heterocycles. The van der Waals surface area contributed by atoms with E-state index < -0.39 is 17.9 Å². The number of hydrogen-bond acceptors (Lipinski definition) is 6. The van der Waals surface area contributed by atoms with Gasteiger partial charge < -0.3 is 14.4 Å². The van der Waals surface area contributed by atoms with Crippen molar-refractivity contribution in [3.8, 4) is 0 Å². The van der Waals surface area contributed by atoms with Gasteiger partial charge in [-0.1, -0.05) is 6.92 Å². The maximum atomic E-state index is 14.3. The van der Waals surface area contributed by atoms with Crippen LogP contribution in [0.15, 0.2) is 6.33 Å². The van der Waals surface area contributed by atoms with E-state index in [0.29, 0.717) is 18.7 Å². The summed E-state index contributed by atoms with van der Waals surface area (Å²) in [5, 5.41) is 0. The van der Waals surface area contributed by atoms with Crippen molar-refractivity contribution in [2.45, 2.75) is 32.5 Å². The van der Waals surface area contributed by atoms with E-state index in [9.17, 15) is 9.18 Å². The summed E-state index contributed by atoms with van der Waals surface area (Å²) >= 11 is 0. The number of aryl methyl sites for hydroxylation is 1. The maximum Gasteiger partial charge on any atom is 0.336 e. The lowest BCUT2D eigenvalue weighted by Crippen LogP contribution is -2.50. The standard InChI is InChI=1S/C13H18FN3O3/c1-4-9-11(14)12(16-7-15-9)17-5-8(2)20-10(6-17)13(18)19-3/h7-8,10H,4-6H2,1-3H3/t8-,10-/m1/s1. The van der Waals surface area contributed by atoms with Gasteiger partial charge in [-0.05, 0) is 13.3 Å². The van der Waals surface area contributed by atoms with Crippen LogP contribution in [0.5, 0.6) is 0 Å². The summed E-state index contributed by atoms with van der Waals surface area (Å²) in [5.41, 5.74) is 0.365. The van der Waals surface area contributed by atoms with Gasteiger partial charge in [0.2, 0.25) is 0 Å². The van der Waals surface area contributed by atoms with Crippen LogP contribution in [-0.2, 0) is 20.7 Å². The van der Waals surface area contributed by atoms with Gasteiger partial charge in [-0.2, -0.15) is 0 Å². The zero-order valence-corrected chi connectivity index (χ0v) is 11.8. The maximum absolute atomic E-state index is 14.3. The van der Waals surface area contributed by atoms with Crippen LogP contribution in [0.3, 0.4) is 0 Å². The second-order valence-corrected chi connectivity index (χ2v) is 4.67. The molecule has 20 heavy (non-hydrogen) atoms. The van der Waals surface area contributed by atoms with Crippen molar-refractivity contribution in [2.75, 3.05) is 25.1 Å². The van der Waals surface area contributed by atoms with E-state index in [4.69, 9.17) is 4.74 Å². The molecule has 0 unspecified atom stereocenters. The van der Waals surface area contributed by atoms with Crippen LogP contribution in [0, 0.1) is 5.82 Å². The summed E-state index contributed by atoms with van der Waals surface area (Å²) in [6.07, 6.45) is 0.877. The zero-order valence-electron chi connectivity index (χ0n) is 11.8. The molecule has 2 heterocycles. The van der Waals surface area contributed by atoms with E-state index >= 15 is 0 Å². The van der Waals surface area contributed by atoms with E-state index in [1.165, 1.54) is 13.4 Å². The number of halogens is 1. The first-order valence-electron chi connectivity index (χ1n) is 6.54. The van der Waals surface area contributed by atoms with Crippen molar-refractivity contribution in [2.24, 2.45) is 0 Å². The van der Waals surface area contributed by atoms with E-state index in [-0.39, 0.29) is 18.5 Å². The van der Waals surface area contributed by atoms with Gasteiger partial charge >= 0.3 is 5.97 Å². The third-order valence-corrected chi connectivity index (χ3v) is 3.20. The third kappa shape index (κ3) is 2.87. The SMILES string of the molecule is CCc1ncnc(N2C[C@@H](C)O[C@@H](C(=O)OC)C2)c1F. The molecule has 1 aromatic heterocycles. The highest BCUT2D eigenvalue weighted by Crippen LogP contribution is 2.23. The van der Waals surface area contributed by atoms with E-state index in [0.717, 1.165) is 0 Å². The van der Waals surface area contributed by atoms with Gasteiger partial charge in [-0.25, -0.2) is 19.2 Å². The fourth-order valence-electron chi connectivity index (χ4n) is 2.25. The van der Waals surface area contributed by atoms with E-state index in [2.05, 4.69) is 14.7 Å². The van der Waals surface area contributed by atoms with Crippen molar-refractivity contribution >= 4 is 11.8 Å². The quantitative estimate of drug-likeness (QED) is 0.769. The predicted molar refractivity (Wildman–Crippen MR) is 69.9 cm³/mol. The average molecular weight is 283 g/mol. The van der Waals surface area contributed by atoms with Crippen molar-refractivity contribution in [1.82, 2.24) is 9.97 Å². The fourth-order valence-corrected chi connectivity index (χ4v) is 2.25. The highest BCUT2D eigenvalue weighted by Gasteiger charge is 2.33. The average Bonchev–Trinajstić information content (AvgIpc) is 2.46.